The summed E-state index contributed by atoms with van der Waals surface area (Å²) in [6.07, 6.45) is 7.11. The van der Waals surface area contributed by atoms with Crippen LogP contribution in [-0.2, 0) is 25.7 Å². The quantitative estimate of drug-likeness (QED) is 0.250. The minimum atomic E-state index is -1.00. The molecule has 1 aromatic carbocycles. The zero-order valence-electron chi connectivity index (χ0n) is 20.7. The zero-order chi connectivity index (χ0) is 24.1. The molecule has 1 N–H and O–H groups in total. The Bertz CT molecular complexity index is 970. The molecular weight excluding hydrogens is 428 g/mol. The maximum Gasteiger partial charge on any atom is 0.318 e. The lowest BCUT2D eigenvalue weighted by atomic mass is 9.43. The first-order valence-corrected chi connectivity index (χ1v) is 13.0. The van der Waals surface area contributed by atoms with E-state index in [1.807, 2.05) is 30.3 Å². The van der Waals surface area contributed by atoms with Gasteiger partial charge < -0.3 is 19.4 Å². The highest BCUT2D eigenvalue weighted by atomic mass is 16.5. The topological polar surface area (TPSA) is 72.8 Å². The molecule has 3 saturated carbocycles. The summed E-state index contributed by atoms with van der Waals surface area (Å²) in [5, 5.41) is 9.44. The van der Waals surface area contributed by atoms with E-state index in [1.165, 1.54) is 0 Å². The van der Waals surface area contributed by atoms with Crippen LogP contribution in [0.4, 0.5) is 0 Å². The summed E-state index contributed by atoms with van der Waals surface area (Å²) in [5.41, 5.74) is -0.250. The third-order valence-electron chi connectivity index (χ3n) is 9.92. The van der Waals surface area contributed by atoms with Crippen LogP contribution in [0, 0.1) is 45.8 Å². The van der Waals surface area contributed by atoms with Crippen molar-refractivity contribution in [1.29, 1.82) is 0 Å². The Labute approximate surface area is 202 Å². The number of hydrogen-bond donors (Lipinski definition) is 1. The highest BCUT2D eigenvalue weighted by Gasteiger charge is 2.84. The van der Waals surface area contributed by atoms with Gasteiger partial charge in [0, 0.05) is 5.41 Å². The monoisotopic (exact) mass is 466 g/mol. The second kappa shape index (κ2) is 8.60. The number of aliphatic hydroxyl groups excluding tert-OH is 1. The number of rotatable bonds is 9. The molecule has 5 rings (SSSR count). The van der Waals surface area contributed by atoms with E-state index in [9.17, 15) is 14.7 Å². The summed E-state index contributed by atoms with van der Waals surface area (Å²) in [6.45, 7) is 7.31. The number of fused-ring (bicyclic) bond motifs is 2. The van der Waals surface area contributed by atoms with E-state index in [0.29, 0.717) is 24.9 Å². The molecule has 0 heterocycles. The average molecular weight is 467 g/mol. The first kappa shape index (κ1) is 23.7. The van der Waals surface area contributed by atoms with Gasteiger partial charge in [0.2, 0.25) is 0 Å². The van der Waals surface area contributed by atoms with Crippen LogP contribution in [0.3, 0.4) is 0 Å². The molecular formula is C29H38O5. The van der Waals surface area contributed by atoms with Crippen LogP contribution < -0.4 is 0 Å². The minimum Gasteiger partial charge on any atom is -0.460 e. The molecule has 0 aromatic heterocycles. The Hall–Kier alpha value is -1.98. The van der Waals surface area contributed by atoms with Gasteiger partial charge in [0.15, 0.2) is 0 Å². The third kappa shape index (κ3) is 2.92. The van der Waals surface area contributed by atoms with Gasteiger partial charge in [-0.1, -0.05) is 69.2 Å². The SMILES string of the molecule is CC(C)C1=C[C@H]2C[C@]3(C=O)[C@@H]4CC[C@@H](C)[C@H]4C[C@@]2(COCCO)[C@]13C(=O)OCc1ccccc1. The van der Waals surface area contributed by atoms with Crippen LogP contribution in [0.5, 0.6) is 0 Å². The second-order valence-corrected chi connectivity index (χ2v) is 11.5. The summed E-state index contributed by atoms with van der Waals surface area (Å²) in [7, 11) is 0. The van der Waals surface area contributed by atoms with Crippen LogP contribution in [0.15, 0.2) is 42.0 Å². The molecule has 0 unspecified atom stereocenters. The fourth-order valence-electron chi connectivity index (χ4n) is 8.76. The molecule has 0 aliphatic heterocycles. The van der Waals surface area contributed by atoms with Crippen molar-refractivity contribution in [2.45, 2.75) is 53.1 Å². The Kier molecular flexibility index (Phi) is 6.01. The van der Waals surface area contributed by atoms with Crippen molar-refractivity contribution in [2.24, 2.45) is 45.8 Å². The van der Waals surface area contributed by atoms with Crippen molar-refractivity contribution in [2.75, 3.05) is 19.8 Å². The highest BCUT2D eigenvalue weighted by molar-refractivity contribution is 5.91. The molecule has 34 heavy (non-hydrogen) atoms. The van der Waals surface area contributed by atoms with Crippen molar-refractivity contribution in [1.82, 2.24) is 0 Å². The zero-order valence-corrected chi connectivity index (χ0v) is 20.7. The normalized spacial score (nSPS) is 39.7. The predicted octanol–water partition coefficient (Wildman–Crippen LogP) is 4.58. The number of aldehydes is 1. The van der Waals surface area contributed by atoms with Crippen molar-refractivity contribution in [3.05, 3.63) is 47.5 Å². The summed E-state index contributed by atoms with van der Waals surface area (Å²) in [6, 6.07) is 9.75. The first-order chi connectivity index (χ1) is 16.4. The van der Waals surface area contributed by atoms with E-state index in [2.05, 4.69) is 26.8 Å². The van der Waals surface area contributed by atoms with Gasteiger partial charge in [-0.25, -0.2) is 0 Å². The van der Waals surface area contributed by atoms with Crippen LogP contribution in [0.2, 0.25) is 0 Å². The Morgan fingerprint density at radius 1 is 1.21 bits per heavy atom. The molecule has 4 aliphatic rings. The standard InChI is InChI=1S/C29H38O5/c1-19(2)25-13-22-14-27(17-31)24-10-9-20(3)23(24)15-28(22,18-33-12-11-30)29(25,27)26(32)34-16-21-7-5-4-6-8-21/h4-8,13,17,19-20,22-24,30H,9-12,14-16,18H2,1-3H3/t20-,22+,23-,24-,27+,28+,29+/m1/s1. The van der Waals surface area contributed by atoms with Crippen LogP contribution >= 0.6 is 0 Å². The van der Waals surface area contributed by atoms with Gasteiger partial charge >= 0.3 is 5.97 Å². The van der Waals surface area contributed by atoms with E-state index < -0.39 is 16.2 Å². The smallest absolute Gasteiger partial charge is 0.318 e. The van der Waals surface area contributed by atoms with Gasteiger partial charge in [0.1, 0.15) is 18.3 Å². The van der Waals surface area contributed by atoms with Gasteiger partial charge in [0.25, 0.3) is 0 Å². The number of hydrogen-bond acceptors (Lipinski definition) is 5. The number of allylic oxidation sites excluding steroid dienone is 1. The largest absolute Gasteiger partial charge is 0.460 e. The maximum absolute atomic E-state index is 14.5. The molecule has 4 aliphatic carbocycles. The van der Waals surface area contributed by atoms with Gasteiger partial charge in [-0.3, -0.25) is 4.79 Å². The van der Waals surface area contributed by atoms with Crippen LogP contribution in [0.1, 0.15) is 52.0 Å². The number of ether oxygens (including phenoxy) is 2. The van der Waals surface area contributed by atoms with Crippen LogP contribution in [-0.4, -0.2) is 37.2 Å². The lowest BCUT2D eigenvalue weighted by molar-refractivity contribution is -0.193. The van der Waals surface area contributed by atoms with E-state index in [0.717, 1.165) is 36.7 Å². The minimum absolute atomic E-state index is 0.0576. The lowest BCUT2D eigenvalue weighted by Gasteiger charge is -2.58. The molecule has 5 nitrogen and oxygen atoms in total. The highest BCUT2D eigenvalue weighted by Crippen LogP contribution is 2.82. The van der Waals surface area contributed by atoms with E-state index in [1.54, 1.807) is 0 Å². The fourth-order valence-corrected chi connectivity index (χ4v) is 8.76. The van der Waals surface area contributed by atoms with Crippen LogP contribution in [0.25, 0.3) is 0 Å². The third-order valence-corrected chi connectivity index (χ3v) is 9.92. The fraction of sp³-hybridized carbons (Fsp3) is 0.655. The van der Waals surface area contributed by atoms with Crippen molar-refractivity contribution >= 4 is 12.3 Å². The lowest BCUT2D eigenvalue weighted by Crippen LogP contribution is -2.64. The Morgan fingerprint density at radius 3 is 2.65 bits per heavy atom. The molecule has 1 aromatic rings. The van der Waals surface area contributed by atoms with Crippen molar-refractivity contribution in [3.8, 4) is 0 Å². The molecule has 5 heteroatoms. The van der Waals surface area contributed by atoms with Crippen molar-refractivity contribution in [3.63, 3.8) is 0 Å². The Morgan fingerprint density at radius 2 is 1.97 bits per heavy atom. The number of carbonyl (C=O) groups excluding carboxylic acids is 2. The maximum atomic E-state index is 14.5. The summed E-state index contributed by atoms with van der Waals surface area (Å²) < 4.78 is 12.2. The van der Waals surface area contributed by atoms with E-state index >= 15 is 0 Å². The summed E-state index contributed by atoms with van der Waals surface area (Å²) in [5.74, 6) is 1.11. The van der Waals surface area contributed by atoms with E-state index in [4.69, 9.17) is 9.47 Å². The van der Waals surface area contributed by atoms with Gasteiger partial charge in [0.05, 0.1) is 25.2 Å². The molecule has 0 spiro atoms. The average Bonchev–Trinajstić information content (AvgIpc) is 3.40. The molecule has 4 bridgehead atoms. The molecule has 0 amide bonds. The number of benzene rings is 1. The molecule has 7 atom stereocenters. The van der Waals surface area contributed by atoms with Crippen molar-refractivity contribution < 1.29 is 24.2 Å². The number of esters is 1. The summed E-state index contributed by atoms with van der Waals surface area (Å²) in [4.78, 5) is 27.8. The molecule has 184 valence electrons. The second-order valence-electron chi connectivity index (χ2n) is 11.5. The predicted molar refractivity (Wildman–Crippen MR) is 129 cm³/mol. The first-order valence-electron chi connectivity index (χ1n) is 13.0. The number of aliphatic hydroxyl groups is 1. The van der Waals surface area contributed by atoms with Gasteiger partial charge in [-0.2, -0.15) is 0 Å². The number of carbonyl (C=O) groups is 2. The van der Waals surface area contributed by atoms with Gasteiger partial charge in [-0.05, 0) is 54.4 Å². The Balaban J connectivity index is 1.64. The van der Waals surface area contributed by atoms with Gasteiger partial charge in [-0.15, -0.1) is 0 Å². The molecule has 3 fully saturated rings. The summed E-state index contributed by atoms with van der Waals surface area (Å²) >= 11 is 0. The molecule has 0 radical (unpaired) electrons. The molecule has 0 saturated heterocycles. The van der Waals surface area contributed by atoms with E-state index in [-0.39, 0.29) is 43.5 Å².